The van der Waals surface area contributed by atoms with Crippen LogP contribution in [0, 0.1) is 35.0 Å². The molecule has 1 aromatic rings. The lowest BCUT2D eigenvalue weighted by Crippen LogP contribution is -2.44. The van der Waals surface area contributed by atoms with Gasteiger partial charge in [-0.25, -0.2) is 4.79 Å². The third-order valence-electron chi connectivity index (χ3n) is 11.1. The van der Waals surface area contributed by atoms with E-state index < -0.39 is 11.3 Å². The van der Waals surface area contributed by atoms with Crippen LogP contribution in [-0.2, 0) is 30.2 Å². The van der Waals surface area contributed by atoms with Gasteiger partial charge in [-0.2, -0.15) is 0 Å². The molecule has 0 spiro atoms. The fourth-order valence-electron chi connectivity index (χ4n) is 7.10. The Morgan fingerprint density at radius 3 is 2.31 bits per heavy atom. The number of methoxy groups -OCH3 is 2. The van der Waals surface area contributed by atoms with E-state index in [0.29, 0.717) is 62.4 Å². The second-order valence-electron chi connectivity index (χ2n) is 16.1. The second-order valence-corrected chi connectivity index (χ2v) is 16.1. The molecule has 0 aromatic heterocycles. The average Bonchev–Trinajstić information content (AvgIpc) is 3.49. The Bertz CT molecular complexity index is 1250. The van der Waals surface area contributed by atoms with E-state index in [1.165, 1.54) is 0 Å². The van der Waals surface area contributed by atoms with E-state index in [2.05, 4.69) is 51.8 Å². The number of benzene rings is 1. The highest BCUT2D eigenvalue weighted by Gasteiger charge is 2.43. The minimum absolute atomic E-state index is 0.0615. The molecule has 2 saturated heterocycles. The molecule has 2 aliphatic rings. The van der Waals surface area contributed by atoms with E-state index in [4.69, 9.17) is 29.4 Å². The monoisotopic (exact) mass is 717 g/mol. The number of carbonyl (C=O) groups is 3. The number of Topliss-reactive ketones (excluding diaryl/α,β-unsaturated/α-hetero) is 1. The molecule has 0 saturated carbocycles. The molecule has 2 heterocycles. The zero-order valence-corrected chi connectivity index (χ0v) is 32.9. The number of carbonyl (C=O) groups excluding carboxylic acids is 3. The van der Waals surface area contributed by atoms with Gasteiger partial charge in [0.2, 0.25) is 5.91 Å². The molecule has 0 bridgehead atoms. The Kier molecular flexibility index (Phi) is 17.0. The zero-order chi connectivity index (χ0) is 37.7. The van der Waals surface area contributed by atoms with Gasteiger partial charge in [-0.15, -0.1) is 0 Å². The maximum absolute atomic E-state index is 13.8. The van der Waals surface area contributed by atoms with E-state index in [0.717, 1.165) is 44.3 Å². The van der Waals surface area contributed by atoms with E-state index >= 15 is 0 Å². The maximum atomic E-state index is 13.8. The van der Waals surface area contributed by atoms with E-state index in [1.54, 1.807) is 33.0 Å². The number of primary amides is 1. The van der Waals surface area contributed by atoms with E-state index in [-0.39, 0.29) is 54.9 Å². The summed E-state index contributed by atoms with van der Waals surface area (Å²) in [7, 11) is 5.44. The maximum Gasteiger partial charge on any atom is 0.411 e. The van der Waals surface area contributed by atoms with Crippen LogP contribution in [0.5, 0.6) is 11.5 Å². The van der Waals surface area contributed by atoms with Crippen LogP contribution in [0.1, 0.15) is 92.1 Å². The molecular weight excluding hydrogens is 650 g/mol. The molecule has 290 valence electrons. The van der Waals surface area contributed by atoms with Crippen molar-refractivity contribution >= 4 is 17.8 Å². The number of piperidine rings is 1. The van der Waals surface area contributed by atoms with Crippen molar-refractivity contribution in [1.29, 1.82) is 0 Å². The van der Waals surface area contributed by atoms with Crippen LogP contribution < -0.4 is 15.2 Å². The first kappa shape index (κ1) is 42.5. The second kappa shape index (κ2) is 20.4. The third-order valence-corrected chi connectivity index (χ3v) is 11.1. The molecule has 4 atom stereocenters. The molecule has 2 amide bonds. The number of ketones is 1. The molecule has 0 radical (unpaired) electrons. The summed E-state index contributed by atoms with van der Waals surface area (Å²) in [6.45, 7) is 15.8. The van der Waals surface area contributed by atoms with Gasteiger partial charge < -0.3 is 34.3 Å². The normalized spacial score (nSPS) is 20.1. The molecule has 2 fully saturated rings. The minimum atomic E-state index is -0.765. The number of likely N-dealkylation sites (tertiary alicyclic amines) is 1. The molecule has 51 heavy (non-hydrogen) atoms. The SMILES string of the molecule is COCCCOc1cc(C[C@@H](C[C@H]2[C@H](C[C@H](C(=O)CCC(C)(C)C(N)=O)C(C)C)OCN2C(=O)OCC2CCN(C)CC2)C(C)C)ccc1OC. The van der Waals surface area contributed by atoms with Crippen molar-refractivity contribution in [3.63, 3.8) is 0 Å². The Labute approximate surface area is 307 Å². The van der Waals surface area contributed by atoms with E-state index in [1.807, 2.05) is 6.07 Å². The quantitative estimate of drug-likeness (QED) is 0.145. The van der Waals surface area contributed by atoms with Crippen molar-refractivity contribution in [2.75, 3.05) is 60.9 Å². The molecule has 1 aromatic carbocycles. The number of amides is 2. The molecule has 0 unspecified atom stereocenters. The molecular formula is C40H67N3O8. The number of hydrogen-bond acceptors (Lipinski definition) is 9. The van der Waals surface area contributed by atoms with Gasteiger partial charge in [-0.05, 0) is 100 Å². The average molecular weight is 718 g/mol. The Balaban J connectivity index is 1.83. The fourth-order valence-corrected chi connectivity index (χ4v) is 7.10. The van der Waals surface area contributed by atoms with Crippen LogP contribution >= 0.6 is 0 Å². The highest BCUT2D eigenvalue weighted by atomic mass is 16.6. The highest BCUT2D eigenvalue weighted by molar-refractivity contribution is 5.84. The largest absolute Gasteiger partial charge is 0.493 e. The Hall–Kier alpha value is -2.89. The Morgan fingerprint density at radius 2 is 1.71 bits per heavy atom. The van der Waals surface area contributed by atoms with Crippen molar-refractivity contribution in [2.24, 2.45) is 40.7 Å². The van der Waals surface area contributed by atoms with Crippen LogP contribution in [0.3, 0.4) is 0 Å². The van der Waals surface area contributed by atoms with Crippen molar-refractivity contribution in [3.8, 4) is 11.5 Å². The van der Waals surface area contributed by atoms with Crippen molar-refractivity contribution in [2.45, 2.75) is 105 Å². The number of rotatable bonds is 21. The predicted octanol–water partition coefficient (Wildman–Crippen LogP) is 6.34. The van der Waals surface area contributed by atoms with Crippen molar-refractivity contribution < 1.29 is 38.1 Å². The van der Waals surface area contributed by atoms with Crippen molar-refractivity contribution in [1.82, 2.24) is 9.80 Å². The molecule has 2 aliphatic heterocycles. The van der Waals surface area contributed by atoms with Gasteiger partial charge in [0, 0.05) is 37.9 Å². The summed E-state index contributed by atoms with van der Waals surface area (Å²) in [5, 5.41) is 0. The summed E-state index contributed by atoms with van der Waals surface area (Å²) in [6.07, 6.45) is 4.71. The van der Waals surface area contributed by atoms with E-state index in [9.17, 15) is 14.4 Å². The summed E-state index contributed by atoms with van der Waals surface area (Å²) in [5.74, 6) is 1.70. The van der Waals surface area contributed by atoms with Crippen LogP contribution in [0.25, 0.3) is 0 Å². The van der Waals surface area contributed by atoms with Crippen LogP contribution in [-0.4, -0.2) is 101 Å². The highest BCUT2D eigenvalue weighted by Crippen LogP contribution is 2.37. The minimum Gasteiger partial charge on any atom is -0.493 e. The van der Waals surface area contributed by atoms with Gasteiger partial charge in [0.15, 0.2) is 11.5 Å². The van der Waals surface area contributed by atoms with Gasteiger partial charge in [0.05, 0.1) is 32.5 Å². The zero-order valence-electron chi connectivity index (χ0n) is 32.9. The summed E-state index contributed by atoms with van der Waals surface area (Å²) >= 11 is 0. The van der Waals surface area contributed by atoms with Gasteiger partial charge in [0.1, 0.15) is 12.5 Å². The molecule has 2 N–H and O–H groups in total. The van der Waals surface area contributed by atoms with Crippen LogP contribution in [0.2, 0.25) is 0 Å². The number of ether oxygens (including phenoxy) is 5. The third kappa shape index (κ3) is 12.9. The molecule has 0 aliphatic carbocycles. The first-order valence-corrected chi connectivity index (χ1v) is 19.0. The van der Waals surface area contributed by atoms with Gasteiger partial charge in [-0.1, -0.05) is 47.6 Å². The summed E-state index contributed by atoms with van der Waals surface area (Å²) in [6, 6.07) is 5.82. The summed E-state index contributed by atoms with van der Waals surface area (Å²) in [4.78, 5) is 43.5. The number of hydrogen-bond donors (Lipinski definition) is 1. The number of nitrogens with zero attached hydrogens (tertiary/aromatic N) is 2. The first-order chi connectivity index (χ1) is 24.2. The smallest absolute Gasteiger partial charge is 0.411 e. The molecule has 11 heteroatoms. The first-order valence-electron chi connectivity index (χ1n) is 19.0. The topological polar surface area (TPSA) is 130 Å². The van der Waals surface area contributed by atoms with Gasteiger partial charge >= 0.3 is 6.09 Å². The summed E-state index contributed by atoms with van der Waals surface area (Å²) in [5.41, 5.74) is 5.96. The predicted molar refractivity (Wildman–Crippen MR) is 199 cm³/mol. The number of nitrogens with two attached hydrogens (primary N) is 1. The molecule has 11 nitrogen and oxygen atoms in total. The summed E-state index contributed by atoms with van der Waals surface area (Å²) < 4.78 is 29.2. The van der Waals surface area contributed by atoms with Crippen molar-refractivity contribution in [3.05, 3.63) is 23.8 Å². The van der Waals surface area contributed by atoms with Gasteiger partial charge in [0.25, 0.3) is 0 Å². The van der Waals surface area contributed by atoms with Gasteiger partial charge in [-0.3, -0.25) is 14.5 Å². The standard InChI is InChI=1S/C40H67N3O8/c1-27(2)31(21-30-11-12-35(48-9)37(22-30)49-20-10-19-47-8)23-33-36(24-32(28(3)4)34(44)13-16-40(5,6)38(41)45)51-26-43(33)39(46)50-25-29-14-17-42(7)18-15-29/h11-12,22,27-29,31-33,36H,10,13-21,23-26H2,1-9H3,(H2,41,45)/t31-,32-,33-,36-/m0/s1. The Morgan fingerprint density at radius 1 is 1.00 bits per heavy atom. The lowest BCUT2D eigenvalue weighted by Gasteiger charge is -2.33. The molecule has 3 rings (SSSR count). The lowest BCUT2D eigenvalue weighted by molar-refractivity contribution is -0.129. The van der Waals surface area contributed by atoms with Crippen LogP contribution in [0.4, 0.5) is 4.79 Å². The fraction of sp³-hybridized carbons (Fsp3) is 0.775. The lowest BCUT2D eigenvalue weighted by atomic mass is 9.78. The van der Waals surface area contributed by atoms with Crippen LogP contribution in [0.15, 0.2) is 18.2 Å².